The molecule has 206 valence electrons. The van der Waals surface area contributed by atoms with Gasteiger partial charge in [0, 0.05) is 49.8 Å². The van der Waals surface area contributed by atoms with Crippen molar-refractivity contribution in [2.45, 2.75) is 51.0 Å². The van der Waals surface area contributed by atoms with Crippen molar-refractivity contribution in [2.24, 2.45) is 18.9 Å². The van der Waals surface area contributed by atoms with Crippen LogP contribution in [0.25, 0.3) is 11.0 Å². The van der Waals surface area contributed by atoms with E-state index in [0.717, 1.165) is 54.9 Å². The highest BCUT2D eigenvalue weighted by molar-refractivity contribution is 6.35. The number of likely N-dealkylation sites (tertiary alicyclic amines) is 1. The molecule has 1 atom stereocenters. The fourth-order valence-corrected chi connectivity index (χ4v) is 6.59. The number of H-pyrrole nitrogens is 1. The third-order valence-electron chi connectivity index (χ3n) is 8.53. The van der Waals surface area contributed by atoms with E-state index in [1.807, 2.05) is 35.9 Å². The highest BCUT2D eigenvalue weighted by Gasteiger charge is 2.46. The Balaban J connectivity index is 1.26. The van der Waals surface area contributed by atoms with E-state index in [1.165, 1.54) is 12.8 Å². The number of carbonyl (C=O) groups is 1. The highest BCUT2D eigenvalue weighted by Crippen LogP contribution is 2.50. The molecule has 2 fully saturated rings. The van der Waals surface area contributed by atoms with Crippen LogP contribution in [0.3, 0.4) is 0 Å². The van der Waals surface area contributed by atoms with Gasteiger partial charge in [0.05, 0.1) is 16.6 Å². The molecule has 1 saturated heterocycles. The van der Waals surface area contributed by atoms with E-state index in [1.54, 1.807) is 12.5 Å². The number of fused-ring (bicyclic) bond motifs is 1. The maximum Gasteiger partial charge on any atom is 0.274 e. The van der Waals surface area contributed by atoms with E-state index in [0.29, 0.717) is 34.3 Å². The van der Waals surface area contributed by atoms with Gasteiger partial charge >= 0.3 is 0 Å². The molecular formula is C30H33ClN8O. The number of hydrogen-bond acceptors (Lipinski definition) is 6. The molecule has 1 amide bonds. The standard InChI is InChI=1S/C30H33ClN8O/c1-19-5-4-8-39(16-19)17-21-9-25(36-28-24(31)15-33-27(21)28)29(40)35-23-7-3-6-22(10-23)30(11-20(12-30)14-32)13-26-37-34-18-38(26)2/h3,6-7,9-10,15,18-20,33H,4-5,8,11-13,16-17H2,1-2H3,(H,35,40)/t19-,20?,30?/m0/s1. The molecule has 2 aliphatic rings. The molecular weight excluding hydrogens is 524 g/mol. The van der Waals surface area contributed by atoms with Gasteiger partial charge in [0.2, 0.25) is 0 Å². The van der Waals surface area contributed by atoms with Crippen molar-refractivity contribution < 1.29 is 4.79 Å². The largest absolute Gasteiger partial charge is 0.358 e. The molecule has 1 aromatic carbocycles. The number of aromatic nitrogens is 5. The van der Waals surface area contributed by atoms with Gasteiger partial charge in [0.1, 0.15) is 23.4 Å². The predicted octanol–water partition coefficient (Wildman–Crippen LogP) is 5.24. The summed E-state index contributed by atoms with van der Waals surface area (Å²) in [5.74, 6) is 1.26. The molecule has 0 bridgehead atoms. The summed E-state index contributed by atoms with van der Waals surface area (Å²) in [6.45, 7) is 5.10. The van der Waals surface area contributed by atoms with Gasteiger partial charge in [0.25, 0.3) is 5.91 Å². The van der Waals surface area contributed by atoms with Crippen molar-refractivity contribution in [1.82, 2.24) is 29.6 Å². The minimum Gasteiger partial charge on any atom is -0.358 e. The summed E-state index contributed by atoms with van der Waals surface area (Å²) < 4.78 is 1.92. The van der Waals surface area contributed by atoms with Crippen molar-refractivity contribution in [3.05, 3.63) is 70.5 Å². The Morgan fingerprint density at radius 2 is 2.17 bits per heavy atom. The summed E-state index contributed by atoms with van der Waals surface area (Å²) in [4.78, 5) is 23.8. The predicted molar refractivity (Wildman–Crippen MR) is 154 cm³/mol. The quantitative estimate of drug-likeness (QED) is 0.321. The highest BCUT2D eigenvalue weighted by atomic mass is 35.5. The average Bonchev–Trinajstić information content (AvgIpc) is 3.50. The second-order valence-corrected chi connectivity index (χ2v) is 12.0. The van der Waals surface area contributed by atoms with Crippen LogP contribution in [-0.4, -0.2) is 48.6 Å². The van der Waals surface area contributed by atoms with E-state index in [2.05, 4.69) is 49.4 Å². The minimum absolute atomic E-state index is 0.00909. The van der Waals surface area contributed by atoms with Crippen molar-refractivity contribution in [1.29, 1.82) is 5.26 Å². The number of pyridine rings is 1. The number of halogens is 1. The summed E-state index contributed by atoms with van der Waals surface area (Å²) in [6, 6.07) is 12.2. The summed E-state index contributed by atoms with van der Waals surface area (Å²) >= 11 is 6.46. The van der Waals surface area contributed by atoms with Gasteiger partial charge in [-0.05, 0) is 67.5 Å². The van der Waals surface area contributed by atoms with Crippen molar-refractivity contribution in [2.75, 3.05) is 18.4 Å². The first-order valence-corrected chi connectivity index (χ1v) is 14.2. The number of aromatic amines is 1. The maximum absolute atomic E-state index is 13.5. The number of nitrogens with one attached hydrogen (secondary N) is 2. The number of amides is 1. The topological polar surface area (TPSA) is 116 Å². The second-order valence-electron chi connectivity index (χ2n) is 11.6. The second kappa shape index (κ2) is 10.7. The van der Waals surface area contributed by atoms with E-state index in [9.17, 15) is 10.1 Å². The van der Waals surface area contributed by atoms with Crippen LogP contribution < -0.4 is 5.32 Å². The van der Waals surface area contributed by atoms with Crippen LogP contribution in [-0.2, 0) is 25.4 Å². The number of nitrogens with zero attached hydrogens (tertiary/aromatic N) is 6. The lowest BCUT2D eigenvalue weighted by molar-refractivity contribution is 0.102. The number of piperidine rings is 1. The lowest BCUT2D eigenvalue weighted by Crippen LogP contribution is -2.43. The molecule has 10 heteroatoms. The van der Waals surface area contributed by atoms with Gasteiger partial charge < -0.3 is 14.9 Å². The van der Waals surface area contributed by atoms with E-state index in [-0.39, 0.29) is 17.2 Å². The number of anilines is 1. The zero-order valence-corrected chi connectivity index (χ0v) is 23.6. The molecule has 40 heavy (non-hydrogen) atoms. The van der Waals surface area contributed by atoms with Gasteiger partial charge in [-0.2, -0.15) is 5.26 Å². The van der Waals surface area contributed by atoms with Crippen molar-refractivity contribution >= 4 is 34.2 Å². The minimum atomic E-state index is -0.282. The number of benzene rings is 1. The van der Waals surface area contributed by atoms with Crippen LogP contribution in [0.5, 0.6) is 0 Å². The Bertz CT molecular complexity index is 1590. The van der Waals surface area contributed by atoms with Crippen LogP contribution in [0.2, 0.25) is 5.02 Å². The first kappa shape index (κ1) is 26.5. The molecule has 4 aromatic rings. The van der Waals surface area contributed by atoms with Gasteiger partial charge in [-0.15, -0.1) is 10.2 Å². The molecule has 4 heterocycles. The molecule has 0 unspecified atom stereocenters. The Morgan fingerprint density at radius 1 is 1.32 bits per heavy atom. The molecule has 2 N–H and O–H groups in total. The SMILES string of the molecule is C[C@H]1CCCN(Cc2cc(C(=O)Nc3cccc(C4(Cc5nncn5C)CC(C#N)C4)c3)nc3c(Cl)c[nH]c23)C1. The Kier molecular flexibility index (Phi) is 7.07. The number of aryl methyl sites for hydroxylation is 1. The van der Waals surface area contributed by atoms with Crippen LogP contribution in [0.1, 0.15) is 60.0 Å². The molecule has 1 aliphatic heterocycles. The monoisotopic (exact) mass is 556 g/mol. The summed E-state index contributed by atoms with van der Waals surface area (Å²) in [7, 11) is 1.93. The van der Waals surface area contributed by atoms with Gasteiger partial charge in [-0.1, -0.05) is 30.7 Å². The van der Waals surface area contributed by atoms with Gasteiger partial charge in [0.15, 0.2) is 0 Å². The number of hydrogen-bond donors (Lipinski definition) is 2. The van der Waals surface area contributed by atoms with E-state index >= 15 is 0 Å². The summed E-state index contributed by atoms with van der Waals surface area (Å²) in [5, 5.41) is 21.4. The smallest absolute Gasteiger partial charge is 0.274 e. The molecule has 0 spiro atoms. The van der Waals surface area contributed by atoms with E-state index < -0.39 is 0 Å². The Morgan fingerprint density at radius 3 is 2.92 bits per heavy atom. The van der Waals surface area contributed by atoms with Crippen molar-refractivity contribution in [3.63, 3.8) is 0 Å². The van der Waals surface area contributed by atoms with Crippen LogP contribution in [0.15, 0.2) is 42.9 Å². The Labute approximate surface area is 238 Å². The molecule has 3 aromatic heterocycles. The van der Waals surface area contributed by atoms with Gasteiger partial charge in [-0.3, -0.25) is 9.69 Å². The molecule has 0 radical (unpaired) electrons. The zero-order valence-electron chi connectivity index (χ0n) is 22.8. The molecule has 6 rings (SSSR count). The summed E-state index contributed by atoms with van der Waals surface area (Å²) in [6.07, 6.45) is 8.03. The number of carbonyl (C=O) groups excluding carboxylic acids is 1. The lowest BCUT2D eigenvalue weighted by atomic mass is 9.57. The Hall–Kier alpha value is -3.74. The lowest BCUT2D eigenvalue weighted by Gasteiger charge is -2.45. The maximum atomic E-state index is 13.5. The third kappa shape index (κ3) is 5.09. The summed E-state index contributed by atoms with van der Waals surface area (Å²) in [5.41, 5.74) is 4.39. The average molecular weight is 557 g/mol. The molecule has 1 aliphatic carbocycles. The van der Waals surface area contributed by atoms with E-state index in [4.69, 9.17) is 11.6 Å². The third-order valence-corrected chi connectivity index (χ3v) is 8.82. The fraction of sp³-hybridized carbons (Fsp3) is 0.433. The fourth-order valence-electron chi connectivity index (χ4n) is 6.40. The number of nitriles is 1. The van der Waals surface area contributed by atoms with Crippen LogP contribution in [0.4, 0.5) is 5.69 Å². The molecule has 9 nitrogen and oxygen atoms in total. The van der Waals surface area contributed by atoms with Gasteiger partial charge in [-0.25, -0.2) is 4.98 Å². The zero-order chi connectivity index (χ0) is 27.9. The van der Waals surface area contributed by atoms with Crippen molar-refractivity contribution in [3.8, 4) is 6.07 Å². The first-order valence-electron chi connectivity index (χ1n) is 13.9. The number of rotatable bonds is 7. The normalized spacial score (nSPS) is 23.1. The van der Waals surface area contributed by atoms with Crippen LogP contribution in [0, 0.1) is 23.2 Å². The first-order chi connectivity index (χ1) is 19.3. The van der Waals surface area contributed by atoms with Crippen LogP contribution >= 0.6 is 11.6 Å². The molecule has 1 saturated carbocycles.